The number of hydrogen-bond acceptors (Lipinski definition) is 4. The number of halogens is 1. The molecular formula is C13H13ClN2O2S3. The van der Waals surface area contributed by atoms with Crippen LogP contribution in [0.4, 0.5) is 0 Å². The van der Waals surface area contributed by atoms with Crippen molar-refractivity contribution in [2.24, 2.45) is 5.73 Å². The lowest BCUT2D eigenvalue weighted by Gasteiger charge is -2.17. The highest BCUT2D eigenvalue weighted by Gasteiger charge is 2.22. The molecule has 4 nitrogen and oxygen atoms in total. The Kier molecular flexibility index (Phi) is 5.00. The molecule has 0 radical (unpaired) electrons. The third-order valence-corrected chi connectivity index (χ3v) is 5.96. The minimum absolute atomic E-state index is 0.116. The van der Waals surface area contributed by atoms with E-state index in [1.807, 2.05) is 16.8 Å². The molecule has 2 N–H and O–H groups in total. The molecule has 0 aliphatic heterocycles. The van der Waals surface area contributed by atoms with E-state index in [9.17, 15) is 8.42 Å². The van der Waals surface area contributed by atoms with E-state index in [0.717, 1.165) is 5.56 Å². The zero-order valence-electron chi connectivity index (χ0n) is 11.1. The van der Waals surface area contributed by atoms with E-state index in [0.29, 0.717) is 12.1 Å². The first-order valence-corrected chi connectivity index (χ1v) is 9.06. The Morgan fingerprint density at radius 3 is 2.67 bits per heavy atom. The van der Waals surface area contributed by atoms with Crippen LogP contribution in [-0.4, -0.2) is 24.8 Å². The van der Waals surface area contributed by atoms with Gasteiger partial charge in [0.2, 0.25) is 10.0 Å². The van der Waals surface area contributed by atoms with Crippen LogP contribution in [0, 0.1) is 0 Å². The molecule has 0 bridgehead atoms. The topological polar surface area (TPSA) is 63.4 Å². The minimum Gasteiger partial charge on any atom is -0.389 e. The number of thiophene rings is 1. The normalized spacial score (nSPS) is 11.8. The Hall–Kier alpha value is -0.990. The van der Waals surface area contributed by atoms with Crippen molar-refractivity contribution in [3.05, 3.63) is 51.2 Å². The minimum atomic E-state index is -3.61. The van der Waals surface area contributed by atoms with Crippen molar-refractivity contribution in [2.45, 2.75) is 11.4 Å². The van der Waals surface area contributed by atoms with E-state index in [4.69, 9.17) is 29.6 Å². The van der Waals surface area contributed by atoms with Gasteiger partial charge < -0.3 is 5.73 Å². The van der Waals surface area contributed by atoms with Gasteiger partial charge in [-0.1, -0.05) is 23.8 Å². The average Bonchev–Trinajstić information content (AvgIpc) is 2.90. The fourth-order valence-corrected chi connectivity index (χ4v) is 4.19. The summed E-state index contributed by atoms with van der Waals surface area (Å²) in [5, 5.41) is 4.05. The van der Waals surface area contributed by atoms with Gasteiger partial charge in [-0.15, -0.1) is 0 Å². The summed E-state index contributed by atoms with van der Waals surface area (Å²) in [5.74, 6) is 0. The third kappa shape index (κ3) is 3.61. The molecule has 0 atom stereocenters. The van der Waals surface area contributed by atoms with E-state index in [-0.39, 0.29) is 14.9 Å². The van der Waals surface area contributed by atoms with Crippen LogP contribution in [0.1, 0.15) is 11.1 Å². The zero-order chi connectivity index (χ0) is 15.6. The van der Waals surface area contributed by atoms with Crippen molar-refractivity contribution >= 4 is 50.2 Å². The van der Waals surface area contributed by atoms with Gasteiger partial charge in [0.1, 0.15) is 4.99 Å². The molecule has 0 spiro atoms. The summed E-state index contributed by atoms with van der Waals surface area (Å²) in [6, 6.07) is 6.24. The first-order chi connectivity index (χ1) is 9.82. The monoisotopic (exact) mass is 360 g/mol. The molecule has 1 aromatic heterocycles. The fourth-order valence-electron chi connectivity index (χ4n) is 1.76. The second kappa shape index (κ2) is 6.41. The van der Waals surface area contributed by atoms with Crippen molar-refractivity contribution in [1.82, 2.24) is 4.31 Å². The highest BCUT2D eigenvalue weighted by Crippen LogP contribution is 2.24. The first kappa shape index (κ1) is 16.4. The summed E-state index contributed by atoms with van der Waals surface area (Å²) in [7, 11) is -2.08. The van der Waals surface area contributed by atoms with Gasteiger partial charge in [0.05, 0.1) is 9.92 Å². The predicted octanol–water partition coefficient (Wildman–Crippen LogP) is 2.86. The first-order valence-electron chi connectivity index (χ1n) is 5.89. The highest BCUT2D eigenvalue weighted by atomic mass is 35.5. The van der Waals surface area contributed by atoms with Gasteiger partial charge in [-0.25, -0.2) is 8.42 Å². The van der Waals surface area contributed by atoms with Crippen molar-refractivity contribution in [3.63, 3.8) is 0 Å². The summed E-state index contributed by atoms with van der Waals surface area (Å²) in [4.78, 5) is 0.251. The molecular weight excluding hydrogens is 348 g/mol. The predicted molar refractivity (Wildman–Crippen MR) is 90.3 cm³/mol. The quantitative estimate of drug-likeness (QED) is 0.833. The van der Waals surface area contributed by atoms with Gasteiger partial charge in [0.25, 0.3) is 0 Å². The Morgan fingerprint density at radius 2 is 2.14 bits per heavy atom. The van der Waals surface area contributed by atoms with Crippen molar-refractivity contribution in [3.8, 4) is 0 Å². The summed E-state index contributed by atoms with van der Waals surface area (Å²) in [6.07, 6.45) is 0. The molecule has 0 amide bonds. The van der Waals surface area contributed by atoms with Crippen molar-refractivity contribution in [1.29, 1.82) is 0 Å². The number of thiocarbonyl (C=S) groups is 1. The molecule has 0 saturated heterocycles. The summed E-state index contributed by atoms with van der Waals surface area (Å²) >= 11 is 12.4. The Morgan fingerprint density at radius 1 is 1.43 bits per heavy atom. The number of nitrogens with zero attached hydrogens (tertiary/aromatic N) is 1. The van der Waals surface area contributed by atoms with Crippen LogP contribution in [0.2, 0.25) is 5.02 Å². The number of sulfonamides is 1. The van der Waals surface area contributed by atoms with Crippen LogP contribution in [0.5, 0.6) is 0 Å². The standard InChI is InChI=1S/C13H13ClN2O2S3/c1-16(7-9-4-5-20-8-9)21(17,18)10-2-3-11(13(15)19)12(14)6-10/h2-6,8H,7H2,1H3,(H2,15,19). The van der Waals surface area contributed by atoms with E-state index < -0.39 is 10.0 Å². The van der Waals surface area contributed by atoms with Crippen LogP contribution in [0.15, 0.2) is 39.9 Å². The van der Waals surface area contributed by atoms with E-state index in [1.165, 1.54) is 40.9 Å². The molecule has 2 aromatic rings. The Labute approximate surface area is 138 Å². The van der Waals surface area contributed by atoms with Gasteiger partial charge in [0.15, 0.2) is 0 Å². The van der Waals surface area contributed by atoms with E-state index in [2.05, 4.69) is 0 Å². The summed E-state index contributed by atoms with van der Waals surface area (Å²) in [5.41, 5.74) is 6.92. The number of benzene rings is 1. The van der Waals surface area contributed by atoms with Crippen molar-refractivity contribution in [2.75, 3.05) is 7.05 Å². The number of nitrogens with two attached hydrogens (primary N) is 1. The second-order valence-electron chi connectivity index (χ2n) is 4.40. The van der Waals surface area contributed by atoms with Crippen LogP contribution < -0.4 is 5.73 Å². The molecule has 0 aliphatic rings. The molecule has 21 heavy (non-hydrogen) atoms. The molecule has 8 heteroatoms. The highest BCUT2D eigenvalue weighted by molar-refractivity contribution is 7.89. The third-order valence-electron chi connectivity index (χ3n) is 2.90. The van der Waals surface area contributed by atoms with Crippen molar-refractivity contribution < 1.29 is 8.42 Å². The van der Waals surface area contributed by atoms with E-state index >= 15 is 0 Å². The lowest BCUT2D eigenvalue weighted by molar-refractivity contribution is 0.467. The fraction of sp³-hybridized carbons (Fsp3) is 0.154. The van der Waals surface area contributed by atoms with Crippen LogP contribution in [0.3, 0.4) is 0 Å². The molecule has 1 aromatic carbocycles. The average molecular weight is 361 g/mol. The largest absolute Gasteiger partial charge is 0.389 e. The molecule has 0 unspecified atom stereocenters. The molecule has 0 saturated carbocycles. The van der Waals surface area contributed by atoms with Gasteiger partial charge in [-0.3, -0.25) is 0 Å². The van der Waals surface area contributed by atoms with E-state index in [1.54, 1.807) is 0 Å². The molecule has 0 aliphatic carbocycles. The molecule has 112 valence electrons. The Bertz CT molecular complexity index is 758. The maximum Gasteiger partial charge on any atom is 0.243 e. The maximum atomic E-state index is 12.5. The molecule has 0 fully saturated rings. The van der Waals surface area contributed by atoms with Gasteiger partial charge >= 0.3 is 0 Å². The molecule has 1 heterocycles. The van der Waals surface area contributed by atoms with Gasteiger partial charge in [-0.05, 0) is 40.6 Å². The Balaban J connectivity index is 2.31. The number of hydrogen-bond donors (Lipinski definition) is 1. The van der Waals surface area contributed by atoms with Gasteiger partial charge in [-0.2, -0.15) is 15.6 Å². The summed E-state index contributed by atoms with van der Waals surface area (Å²) < 4.78 is 26.3. The van der Waals surface area contributed by atoms with Crippen LogP contribution in [-0.2, 0) is 16.6 Å². The summed E-state index contributed by atoms with van der Waals surface area (Å²) in [6.45, 7) is 0.306. The van der Waals surface area contributed by atoms with Crippen LogP contribution >= 0.6 is 35.2 Å². The molecule has 2 rings (SSSR count). The zero-order valence-corrected chi connectivity index (χ0v) is 14.3. The smallest absolute Gasteiger partial charge is 0.243 e. The lowest BCUT2D eigenvalue weighted by atomic mass is 10.2. The lowest BCUT2D eigenvalue weighted by Crippen LogP contribution is -2.26. The van der Waals surface area contributed by atoms with Gasteiger partial charge in [0, 0.05) is 19.2 Å². The second-order valence-corrected chi connectivity index (χ2v) is 8.07. The number of rotatable bonds is 5. The maximum absolute atomic E-state index is 12.5. The van der Waals surface area contributed by atoms with Crippen LogP contribution in [0.25, 0.3) is 0 Å². The SMILES string of the molecule is CN(Cc1ccsc1)S(=O)(=O)c1ccc(C(N)=S)c(Cl)c1.